The molecule has 2 fully saturated rings. The van der Waals surface area contributed by atoms with Gasteiger partial charge in [0.05, 0.1) is 18.9 Å². The Hall–Kier alpha value is -1.40. The van der Waals surface area contributed by atoms with E-state index in [2.05, 4.69) is 15.1 Å². The Kier molecular flexibility index (Phi) is 3.65. The van der Waals surface area contributed by atoms with Crippen molar-refractivity contribution < 1.29 is 4.74 Å². The molecule has 114 valence electrons. The highest BCUT2D eigenvalue weighted by Crippen LogP contribution is 2.31. The fourth-order valence-electron chi connectivity index (χ4n) is 3.44. The molecule has 1 aromatic rings. The first-order valence-corrected chi connectivity index (χ1v) is 8.10. The smallest absolute Gasteiger partial charge is 0.227 e. The zero-order valence-corrected chi connectivity index (χ0v) is 12.5. The number of aryl methyl sites for hydroxylation is 1. The predicted molar refractivity (Wildman–Crippen MR) is 82.2 cm³/mol. The van der Waals surface area contributed by atoms with Gasteiger partial charge < -0.3 is 19.9 Å². The molecular weight excluding hydrogens is 266 g/mol. The molecule has 0 amide bonds. The zero-order chi connectivity index (χ0) is 14.1. The van der Waals surface area contributed by atoms with E-state index in [4.69, 9.17) is 14.7 Å². The Morgan fingerprint density at radius 1 is 0.905 bits per heavy atom. The van der Waals surface area contributed by atoms with Gasteiger partial charge in [0.15, 0.2) is 0 Å². The third-order valence-electron chi connectivity index (χ3n) is 4.61. The molecule has 4 rings (SSSR count). The molecule has 0 spiro atoms. The van der Waals surface area contributed by atoms with Crippen LogP contribution in [-0.2, 0) is 17.6 Å². The first kappa shape index (κ1) is 13.3. The maximum absolute atomic E-state index is 5.44. The Labute approximate surface area is 125 Å². The number of anilines is 2. The van der Waals surface area contributed by atoms with E-state index in [1.807, 2.05) is 0 Å². The van der Waals surface area contributed by atoms with Crippen LogP contribution < -0.4 is 15.1 Å². The maximum Gasteiger partial charge on any atom is 0.227 e. The molecule has 3 heterocycles. The van der Waals surface area contributed by atoms with Crippen LogP contribution in [0.25, 0.3) is 0 Å². The van der Waals surface area contributed by atoms with Crippen molar-refractivity contribution in [1.82, 2.24) is 15.3 Å². The van der Waals surface area contributed by atoms with E-state index in [1.54, 1.807) is 0 Å². The van der Waals surface area contributed by atoms with Gasteiger partial charge in [-0.15, -0.1) is 0 Å². The van der Waals surface area contributed by atoms with Gasteiger partial charge in [-0.2, -0.15) is 4.98 Å². The van der Waals surface area contributed by atoms with Crippen molar-refractivity contribution in [3.63, 3.8) is 0 Å². The number of nitrogens with one attached hydrogen (secondary N) is 1. The molecule has 0 radical (unpaired) electrons. The monoisotopic (exact) mass is 289 g/mol. The van der Waals surface area contributed by atoms with Gasteiger partial charge >= 0.3 is 0 Å². The van der Waals surface area contributed by atoms with Gasteiger partial charge in [-0.05, 0) is 19.3 Å². The summed E-state index contributed by atoms with van der Waals surface area (Å²) in [5.74, 6) is 2.10. The second-order valence-electron chi connectivity index (χ2n) is 5.96. The number of aromatic nitrogens is 2. The molecule has 2 aliphatic heterocycles. The number of hydrogen-bond donors (Lipinski definition) is 1. The summed E-state index contributed by atoms with van der Waals surface area (Å²) >= 11 is 0. The van der Waals surface area contributed by atoms with Crippen molar-refractivity contribution in [3.8, 4) is 0 Å². The third kappa shape index (κ3) is 2.58. The average Bonchev–Trinajstić information content (AvgIpc) is 3.04. The van der Waals surface area contributed by atoms with Crippen LogP contribution in [0.5, 0.6) is 0 Å². The summed E-state index contributed by atoms with van der Waals surface area (Å²) in [6, 6.07) is 0. The van der Waals surface area contributed by atoms with E-state index in [0.717, 1.165) is 71.3 Å². The summed E-state index contributed by atoms with van der Waals surface area (Å²) in [7, 11) is 0. The van der Waals surface area contributed by atoms with Gasteiger partial charge in [-0.25, -0.2) is 4.98 Å². The summed E-state index contributed by atoms with van der Waals surface area (Å²) in [5, 5.41) is 3.42. The number of morpholine rings is 1. The van der Waals surface area contributed by atoms with E-state index >= 15 is 0 Å². The molecule has 6 nitrogen and oxygen atoms in total. The Balaban J connectivity index is 1.68. The van der Waals surface area contributed by atoms with Crippen LogP contribution in [0.1, 0.15) is 17.7 Å². The lowest BCUT2D eigenvalue weighted by Gasteiger charge is -2.32. The second-order valence-corrected chi connectivity index (χ2v) is 5.96. The Morgan fingerprint density at radius 3 is 2.52 bits per heavy atom. The lowest BCUT2D eigenvalue weighted by Crippen LogP contribution is -2.44. The van der Waals surface area contributed by atoms with Crippen LogP contribution in [0.3, 0.4) is 0 Å². The maximum atomic E-state index is 5.44. The number of hydrogen-bond acceptors (Lipinski definition) is 6. The van der Waals surface area contributed by atoms with Gasteiger partial charge in [-0.1, -0.05) is 0 Å². The molecular formula is C15H23N5O. The molecule has 0 bridgehead atoms. The summed E-state index contributed by atoms with van der Waals surface area (Å²) in [4.78, 5) is 14.5. The zero-order valence-electron chi connectivity index (χ0n) is 12.5. The number of nitrogens with zero attached hydrogens (tertiary/aromatic N) is 4. The molecule has 0 saturated carbocycles. The van der Waals surface area contributed by atoms with Crippen molar-refractivity contribution in [3.05, 3.63) is 11.3 Å². The van der Waals surface area contributed by atoms with Crippen LogP contribution in [0, 0.1) is 0 Å². The lowest BCUT2D eigenvalue weighted by atomic mass is 10.2. The van der Waals surface area contributed by atoms with Gasteiger partial charge in [0, 0.05) is 44.8 Å². The summed E-state index contributed by atoms with van der Waals surface area (Å²) < 4.78 is 5.44. The van der Waals surface area contributed by atoms with E-state index in [9.17, 15) is 0 Å². The number of piperazine rings is 1. The Bertz CT molecular complexity index is 509. The molecule has 0 atom stereocenters. The third-order valence-corrected chi connectivity index (χ3v) is 4.61. The van der Waals surface area contributed by atoms with Crippen molar-refractivity contribution in [2.24, 2.45) is 0 Å². The van der Waals surface area contributed by atoms with E-state index < -0.39 is 0 Å². The standard InChI is InChI=1S/C15H23N5O/c1-2-12-13(3-1)17-15(20-8-10-21-11-9-20)18-14(12)19-6-4-16-5-7-19/h16H,1-11H2. The van der Waals surface area contributed by atoms with Crippen LogP contribution in [0.15, 0.2) is 0 Å². The molecule has 21 heavy (non-hydrogen) atoms. The van der Waals surface area contributed by atoms with Crippen LogP contribution >= 0.6 is 0 Å². The molecule has 1 N–H and O–H groups in total. The minimum atomic E-state index is 0.781. The molecule has 3 aliphatic rings. The first-order valence-electron chi connectivity index (χ1n) is 8.10. The highest BCUT2D eigenvalue weighted by atomic mass is 16.5. The fourth-order valence-corrected chi connectivity index (χ4v) is 3.44. The van der Waals surface area contributed by atoms with Gasteiger partial charge in [0.1, 0.15) is 5.82 Å². The predicted octanol–water partition coefficient (Wildman–Crippen LogP) is 0.212. The van der Waals surface area contributed by atoms with Crippen LogP contribution in [-0.4, -0.2) is 62.5 Å². The molecule has 1 aliphatic carbocycles. The quantitative estimate of drug-likeness (QED) is 0.840. The van der Waals surface area contributed by atoms with Crippen molar-refractivity contribution in [2.75, 3.05) is 62.3 Å². The van der Waals surface area contributed by atoms with E-state index in [-0.39, 0.29) is 0 Å². The highest BCUT2D eigenvalue weighted by molar-refractivity contribution is 5.55. The van der Waals surface area contributed by atoms with Crippen molar-refractivity contribution >= 4 is 11.8 Å². The second kappa shape index (κ2) is 5.77. The fraction of sp³-hybridized carbons (Fsp3) is 0.733. The minimum absolute atomic E-state index is 0.781. The minimum Gasteiger partial charge on any atom is -0.378 e. The molecule has 0 aromatic carbocycles. The number of fused-ring (bicyclic) bond motifs is 1. The topological polar surface area (TPSA) is 53.5 Å². The largest absolute Gasteiger partial charge is 0.378 e. The van der Waals surface area contributed by atoms with Crippen LogP contribution in [0.4, 0.5) is 11.8 Å². The molecule has 6 heteroatoms. The van der Waals surface area contributed by atoms with Gasteiger partial charge in [-0.3, -0.25) is 0 Å². The summed E-state index contributed by atoms with van der Waals surface area (Å²) in [6.45, 7) is 7.56. The summed E-state index contributed by atoms with van der Waals surface area (Å²) in [6.07, 6.45) is 3.46. The van der Waals surface area contributed by atoms with Crippen molar-refractivity contribution in [1.29, 1.82) is 0 Å². The molecule has 2 saturated heterocycles. The highest BCUT2D eigenvalue weighted by Gasteiger charge is 2.26. The van der Waals surface area contributed by atoms with Crippen LogP contribution in [0.2, 0.25) is 0 Å². The normalized spacial score (nSPS) is 22.5. The van der Waals surface area contributed by atoms with Crippen molar-refractivity contribution in [2.45, 2.75) is 19.3 Å². The number of rotatable bonds is 2. The van der Waals surface area contributed by atoms with E-state index in [1.165, 1.54) is 23.5 Å². The van der Waals surface area contributed by atoms with Gasteiger partial charge in [0.25, 0.3) is 0 Å². The molecule has 0 unspecified atom stereocenters. The summed E-state index contributed by atoms with van der Waals surface area (Å²) in [5.41, 5.74) is 2.67. The number of ether oxygens (including phenoxy) is 1. The molecule has 1 aromatic heterocycles. The SMILES string of the molecule is C1Cc2nc(N3CCOCC3)nc(N3CCNCC3)c2C1. The van der Waals surface area contributed by atoms with E-state index in [0.29, 0.717) is 0 Å². The Morgan fingerprint density at radius 2 is 1.71 bits per heavy atom. The average molecular weight is 289 g/mol. The van der Waals surface area contributed by atoms with Gasteiger partial charge in [0.2, 0.25) is 5.95 Å². The lowest BCUT2D eigenvalue weighted by molar-refractivity contribution is 0.122. The first-order chi connectivity index (χ1) is 10.4.